The van der Waals surface area contributed by atoms with Crippen molar-refractivity contribution in [2.75, 3.05) is 18.0 Å². The predicted octanol–water partition coefficient (Wildman–Crippen LogP) is 3.99. The van der Waals surface area contributed by atoms with E-state index >= 15 is 0 Å². The van der Waals surface area contributed by atoms with Crippen LogP contribution in [0.25, 0.3) is 0 Å². The fraction of sp³-hybridized carbons (Fsp3) is 0.389. The van der Waals surface area contributed by atoms with Crippen LogP contribution in [0.3, 0.4) is 0 Å². The molecule has 1 aromatic carbocycles. The summed E-state index contributed by atoms with van der Waals surface area (Å²) in [6.45, 7) is 0.368. The lowest BCUT2D eigenvalue weighted by Gasteiger charge is -2.30. The van der Waals surface area contributed by atoms with E-state index in [-0.39, 0.29) is 48.3 Å². The number of nitrogens with zero attached hydrogens (tertiary/aromatic N) is 2. The Bertz CT molecular complexity index is 987. The van der Waals surface area contributed by atoms with E-state index in [9.17, 15) is 22.8 Å². The van der Waals surface area contributed by atoms with Crippen molar-refractivity contribution in [2.45, 2.75) is 25.4 Å². The Kier molecular flexibility index (Phi) is 6.09. The number of aliphatic carboxylic acids is 1. The number of aromatic nitrogens is 2. The van der Waals surface area contributed by atoms with E-state index in [0.29, 0.717) is 5.56 Å². The summed E-state index contributed by atoms with van der Waals surface area (Å²) in [4.78, 5) is 31.1. The fourth-order valence-electron chi connectivity index (χ4n) is 3.23. The van der Waals surface area contributed by atoms with Crippen LogP contribution < -0.4 is 10.5 Å². The molecule has 2 heterocycles. The number of alkyl halides is 3. The number of hydrogen-bond donors (Lipinski definition) is 2. The van der Waals surface area contributed by atoms with E-state index in [0.717, 1.165) is 0 Å². The summed E-state index contributed by atoms with van der Waals surface area (Å²) in [5.41, 5.74) is -2.33. The van der Waals surface area contributed by atoms with E-state index in [1.807, 2.05) is 0 Å². The second kappa shape index (κ2) is 8.23. The minimum Gasteiger partial charge on any atom is -0.481 e. The van der Waals surface area contributed by atoms with Crippen LogP contribution in [0.2, 0.25) is 10.0 Å². The Morgan fingerprint density at radius 1 is 1.24 bits per heavy atom. The summed E-state index contributed by atoms with van der Waals surface area (Å²) in [5, 5.41) is 9.46. The Morgan fingerprint density at radius 2 is 1.90 bits per heavy atom. The Hall–Kier alpha value is -2.26. The summed E-state index contributed by atoms with van der Waals surface area (Å²) in [5.74, 6) is -1.72. The zero-order valence-corrected chi connectivity index (χ0v) is 16.4. The average molecular weight is 450 g/mol. The first-order valence-electron chi connectivity index (χ1n) is 8.68. The number of hydrogen-bond acceptors (Lipinski definition) is 4. The molecule has 29 heavy (non-hydrogen) atoms. The number of carboxylic acids is 1. The van der Waals surface area contributed by atoms with Crippen LogP contribution in [0, 0.1) is 5.92 Å². The molecule has 3 rings (SSSR count). The molecule has 0 radical (unpaired) electrons. The molecule has 0 spiro atoms. The first-order valence-corrected chi connectivity index (χ1v) is 9.44. The van der Waals surface area contributed by atoms with Gasteiger partial charge in [0.05, 0.1) is 21.5 Å². The standard InChI is InChI=1S/C18H16Cl2F3N3O3/c19-12-2-1-9(8-13(12)20)7-11-14(18(21,22)23)24-17(25-15(11)27)26-5-3-10(4-6-26)16(28)29/h1-2,8,10H,3-7H2,(H,28,29)(H,24,25,27). The predicted molar refractivity (Wildman–Crippen MR) is 102 cm³/mol. The number of aromatic amines is 1. The Balaban J connectivity index is 1.95. The summed E-state index contributed by atoms with van der Waals surface area (Å²) in [7, 11) is 0. The fourth-order valence-corrected chi connectivity index (χ4v) is 3.55. The van der Waals surface area contributed by atoms with Gasteiger partial charge < -0.3 is 10.0 Å². The molecule has 1 fully saturated rings. The number of nitrogens with one attached hydrogen (secondary N) is 1. The smallest absolute Gasteiger partial charge is 0.433 e. The maximum atomic E-state index is 13.6. The van der Waals surface area contributed by atoms with Crippen molar-refractivity contribution in [2.24, 2.45) is 5.92 Å². The lowest BCUT2D eigenvalue weighted by Crippen LogP contribution is -2.39. The van der Waals surface area contributed by atoms with Crippen molar-refractivity contribution < 1.29 is 23.1 Å². The van der Waals surface area contributed by atoms with E-state index in [4.69, 9.17) is 28.3 Å². The van der Waals surface area contributed by atoms with Crippen molar-refractivity contribution in [1.82, 2.24) is 9.97 Å². The van der Waals surface area contributed by atoms with Crippen LogP contribution in [0.15, 0.2) is 23.0 Å². The summed E-state index contributed by atoms with van der Waals surface area (Å²) in [6, 6.07) is 4.32. The third-order valence-electron chi connectivity index (χ3n) is 4.78. The molecule has 156 valence electrons. The number of carbonyl (C=O) groups is 1. The van der Waals surface area contributed by atoms with Gasteiger partial charge in [-0.3, -0.25) is 14.6 Å². The molecule has 0 amide bonds. The normalized spacial score (nSPS) is 15.6. The van der Waals surface area contributed by atoms with Gasteiger partial charge in [-0.25, -0.2) is 4.98 Å². The van der Waals surface area contributed by atoms with Crippen LogP contribution in [0.5, 0.6) is 0 Å². The molecule has 0 saturated carbocycles. The monoisotopic (exact) mass is 449 g/mol. The quantitative estimate of drug-likeness (QED) is 0.736. The number of anilines is 1. The molecule has 1 aliphatic rings. The van der Waals surface area contributed by atoms with Gasteiger partial charge in [0.2, 0.25) is 5.95 Å². The Labute approximate surface area is 173 Å². The van der Waals surface area contributed by atoms with Gasteiger partial charge >= 0.3 is 12.1 Å². The minimum absolute atomic E-state index is 0.167. The van der Waals surface area contributed by atoms with Crippen LogP contribution in [-0.4, -0.2) is 34.1 Å². The summed E-state index contributed by atoms with van der Waals surface area (Å²) < 4.78 is 40.9. The molecule has 6 nitrogen and oxygen atoms in total. The lowest BCUT2D eigenvalue weighted by atomic mass is 9.97. The van der Waals surface area contributed by atoms with Crippen molar-refractivity contribution in [1.29, 1.82) is 0 Å². The number of piperidine rings is 1. The molecule has 11 heteroatoms. The summed E-state index contributed by atoms with van der Waals surface area (Å²) >= 11 is 11.7. The summed E-state index contributed by atoms with van der Waals surface area (Å²) in [6.07, 6.45) is -4.65. The molecule has 0 aliphatic carbocycles. The van der Waals surface area contributed by atoms with E-state index in [2.05, 4.69) is 9.97 Å². The highest BCUT2D eigenvalue weighted by Crippen LogP contribution is 2.32. The van der Waals surface area contributed by atoms with Crippen molar-refractivity contribution in [3.8, 4) is 0 Å². The highest BCUT2D eigenvalue weighted by atomic mass is 35.5. The molecule has 0 bridgehead atoms. The first kappa shape index (κ1) is 21.4. The van der Waals surface area contributed by atoms with Gasteiger partial charge in [0.15, 0.2) is 5.69 Å². The van der Waals surface area contributed by atoms with Crippen LogP contribution >= 0.6 is 23.2 Å². The van der Waals surface area contributed by atoms with Gasteiger partial charge in [0.25, 0.3) is 5.56 Å². The Morgan fingerprint density at radius 3 is 2.45 bits per heavy atom. The number of rotatable bonds is 4. The van der Waals surface area contributed by atoms with Crippen molar-refractivity contribution in [3.63, 3.8) is 0 Å². The number of H-pyrrole nitrogens is 1. The molecule has 1 aliphatic heterocycles. The topological polar surface area (TPSA) is 86.3 Å². The highest BCUT2D eigenvalue weighted by molar-refractivity contribution is 6.42. The number of carboxylic acid groups (broad SMARTS) is 1. The molecule has 1 aromatic heterocycles. The van der Waals surface area contributed by atoms with Crippen molar-refractivity contribution in [3.05, 3.63) is 55.4 Å². The average Bonchev–Trinajstić information content (AvgIpc) is 2.65. The maximum Gasteiger partial charge on any atom is 0.433 e. The van der Waals surface area contributed by atoms with Gasteiger partial charge in [-0.2, -0.15) is 13.2 Å². The van der Waals surface area contributed by atoms with Gasteiger partial charge in [-0.1, -0.05) is 29.3 Å². The number of halogens is 5. The zero-order valence-electron chi connectivity index (χ0n) is 14.9. The SMILES string of the molecule is O=C(O)C1CCN(c2nc(C(F)(F)F)c(Cc3ccc(Cl)c(Cl)c3)c(=O)[nH]2)CC1. The van der Waals surface area contributed by atoms with Gasteiger partial charge in [-0.05, 0) is 30.5 Å². The van der Waals surface area contributed by atoms with Crippen LogP contribution in [0.1, 0.15) is 29.7 Å². The van der Waals surface area contributed by atoms with Gasteiger partial charge in [-0.15, -0.1) is 0 Å². The van der Waals surface area contributed by atoms with Gasteiger partial charge in [0, 0.05) is 19.5 Å². The first-order chi connectivity index (χ1) is 13.6. The van der Waals surface area contributed by atoms with E-state index in [1.54, 1.807) is 0 Å². The maximum absolute atomic E-state index is 13.6. The molecular weight excluding hydrogens is 434 g/mol. The highest BCUT2D eigenvalue weighted by Gasteiger charge is 2.38. The molecule has 1 saturated heterocycles. The van der Waals surface area contributed by atoms with Crippen LogP contribution in [0.4, 0.5) is 19.1 Å². The second-order valence-electron chi connectivity index (χ2n) is 6.74. The second-order valence-corrected chi connectivity index (χ2v) is 7.55. The van der Waals surface area contributed by atoms with Gasteiger partial charge in [0.1, 0.15) is 0 Å². The van der Waals surface area contributed by atoms with Crippen molar-refractivity contribution >= 4 is 35.1 Å². The molecule has 2 aromatic rings. The number of benzene rings is 1. The largest absolute Gasteiger partial charge is 0.481 e. The molecule has 0 unspecified atom stereocenters. The van der Waals surface area contributed by atoms with Crippen LogP contribution in [-0.2, 0) is 17.4 Å². The third kappa shape index (κ3) is 4.84. The third-order valence-corrected chi connectivity index (χ3v) is 5.52. The zero-order chi connectivity index (χ0) is 21.3. The lowest BCUT2D eigenvalue weighted by molar-refractivity contribution is -0.142. The minimum atomic E-state index is -4.84. The molecule has 2 N–H and O–H groups in total. The van der Waals surface area contributed by atoms with E-state index < -0.39 is 34.9 Å². The molecular formula is C18H16Cl2F3N3O3. The van der Waals surface area contributed by atoms with E-state index in [1.165, 1.54) is 23.1 Å². The molecule has 0 atom stereocenters.